The normalized spacial score (nSPS) is 14.6. The molecule has 0 radical (unpaired) electrons. The van der Waals surface area contributed by atoms with E-state index in [9.17, 15) is 0 Å². The van der Waals surface area contributed by atoms with E-state index in [2.05, 4.69) is 64.2 Å². The third kappa shape index (κ3) is 4.83. The number of rotatable bonds is 7. The summed E-state index contributed by atoms with van der Waals surface area (Å²) >= 11 is 6.08. The molecule has 2 heterocycles. The van der Waals surface area contributed by atoms with Gasteiger partial charge in [-0.3, -0.25) is 4.90 Å². The maximum atomic E-state index is 6.08. The number of aromatic nitrogens is 2. The molecule has 0 aliphatic carbocycles. The Labute approximate surface area is 205 Å². The van der Waals surface area contributed by atoms with E-state index in [4.69, 9.17) is 27.1 Å². The molecule has 0 amide bonds. The number of nitrogens with two attached hydrogens (primary N) is 1. The number of fused-ring (bicyclic) bond motifs is 1. The summed E-state index contributed by atoms with van der Waals surface area (Å²) in [6.07, 6.45) is 1.04. The van der Waals surface area contributed by atoms with Crippen molar-refractivity contribution in [3.8, 4) is 17.1 Å². The van der Waals surface area contributed by atoms with Crippen molar-refractivity contribution in [2.75, 3.05) is 50.0 Å². The molecule has 1 fully saturated rings. The summed E-state index contributed by atoms with van der Waals surface area (Å²) in [5.74, 6) is 1.67. The molecule has 0 atom stereocenters. The molecule has 0 bridgehead atoms. The predicted molar refractivity (Wildman–Crippen MR) is 141 cm³/mol. The van der Waals surface area contributed by atoms with Crippen LogP contribution in [0.25, 0.3) is 22.4 Å². The summed E-state index contributed by atoms with van der Waals surface area (Å²) < 4.78 is 5.86. The number of aryl methyl sites for hydroxylation is 1. The van der Waals surface area contributed by atoms with E-state index in [1.165, 1.54) is 11.3 Å². The number of hydrogen-bond donors (Lipinski definition) is 2. The summed E-state index contributed by atoms with van der Waals surface area (Å²) in [7, 11) is 0. The molecule has 34 heavy (non-hydrogen) atoms. The van der Waals surface area contributed by atoms with Crippen LogP contribution in [0.2, 0.25) is 5.02 Å². The fourth-order valence-corrected chi connectivity index (χ4v) is 4.58. The molecular weight excluding hydrogens is 446 g/mol. The highest BCUT2D eigenvalue weighted by molar-refractivity contribution is 6.33. The van der Waals surface area contributed by atoms with Crippen LogP contribution in [0.1, 0.15) is 12.5 Å². The summed E-state index contributed by atoms with van der Waals surface area (Å²) in [6.45, 7) is 7.55. The molecule has 1 saturated heterocycles. The second-order valence-electron chi connectivity index (χ2n) is 8.67. The first kappa shape index (κ1) is 22.6. The molecule has 176 valence electrons. The average Bonchev–Trinajstić information content (AvgIpc) is 3.31. The van der Waals surface area contributed by atoms with Crippen molar-refractivity contribution in [2.24, 2.45) is 0 Å². The number of imidazole rings is 1. The van der Waals surface area contributed by atoms with Gasteiger partial charge in [0.15, 0.2) is 0 Å². The van der Waals surface area contributed by atoms with Gasteiger partial charge in [-0.05, 0) is 36.2 Å². The van der Waals surface area contributed by atoms with E-state index in [-0.39, 0.29) is 0 Å². The fraction of sp³-hybridized carbons (Fsp3) is 0.296. The standard InChI is InChI=1S/C27H30ClN5O/c1-2-19-6-8-20(9-7-19)27-30-24-4-3-5-25(26(24)31-27)33-14-12-32(13-15-33)16-17-34-21-10-11-23(29)22(28)18-21/h3-11,18H,2,12-17,29H2,1H3,(H,30,31). The maximum absolute atomic E-state index is 6.08. The van der Waals surface area contributed by atoms with Gasteiger partial charge in [-0.25, -0.2) is 4.98 Å². The molecule has 0 spiro atoms. The average molecular weight is 476 g/mol. The Bertz CT molecular complexity index is 1260. The number of hydrogen-bond acceptors (Lipinski definition) is 5. The molecule has 7 heteroatoms. The minimum Gasteiger partial charge on any atom is -0.492 e. The van der Waals surface area contributed by atoms with E-state index in [0.29, 0.717) is 17.3 Å². The number of nitrogen functional groups attached to an aromatic ring is 1. The second-order valence-corrected chi connectivity index (χ2v) is 9.08. The number of piperazine rings is 1. The van der Waals surface area contributed by atoms with Crippen LogP contribution in [0.3, 0.4) is 0 Å². The van der Waals surface area contributed by atoms with Crippen molar-refractivity contribution in [3.63, 3.8) is 0 Å². The Kier molecular flexibility index (Phi) is 6.61. The van der Waals surface area contributed by atoms with Gasteiger partial charge < -0.3 is 20.4 Å². The lowest BCUT2D eigenvalue weighted by molar-refractivity contribution is 0.200. The lowest BCUT2D eigenvalue weighted by atomic mass is 10.1. The molecule has 1 aliphatic rings. The summed E-state index contributed by atoms with van der Waals surface area (Å²) in [5, 5.41) is 0.528. The lowest BCUT2D eigenvalue weighted by Gasteiger charge is -2.36. The van der Waals surface area contributed by atoms with E-state index in [1.807, 2.05) is 6.07 Å². The zero-order valence-corrected chi connectivity index (χ0v) is 20.2. The molecule has 0 unspecified atom stereocenters. The zero-order valence-electron chi connectivity index (χ0n) is 19.4. The number of para-hydroxylation sites is 1. The van der Waals surface area contributed by atoms with Gasteiger partial charge in [0.1, 0.15) is 23.7 Å². The molecule has 5 rings (SSSR count). The summed E-state index contributed by atoms with van der Waals surface area (Å²) in [5.41, 5.74) is 12.1. The Balaban J connectivity index is 1.21. The Morgan fingerprint density at radius 3 is 2.56 bits per heavy atom. The molecule has 6 nitrogen and oxygen atoms in total. The van der Waals surface area contributed by atoms with E-state index in [1.54, 1.807) is 12.1 Å². The van der Waals surface area contributed by atoms with Crippen LogP contribution in [-0.4, -0.2) is 54.2 Å². The number of aromatic amines is 1. The predicted octanol–water partition coefficient (Wildman–Crippen LogP) is 5.23. The smallest absolute Gasteiger partial charge is 0.138 e. The summed E-state index contributed by atoms with van der Waals surface area (Å²) in [6, 6.07) is 20.4. The van der Waals surface area contributed by atoms with Crippen LogP contribution in [0, 0.1) is 0 Å². The molecule has 4 aromatic rings. The maximum Gasteiger partial charge on any atom is 0.138 e. The SMILES string of the molecule is CCc1ccc(-c2nc3c(N4CCN(CCOc5ccc(N)c(Cl)c5)CC4)cccc3[nH]2)cc1. The molecule has 0 saturated carbocycles. The van der Waals surface area contributed by atoms with Crippen molar-refractivity contribution in [2.45, 2.75) is 13.3 Å². The van der Waals surface area contributed by atoms with Crippen molar-refractivity contribution < 1.29 is 4.74 Å². The summed E-state index contributed by atoms with van der Waals surface area (Å²) in [4.78, 5) is 13.4. The van der Waals surface area contributed by atoms with Gasteiger partial charge in [-0.15, -0.1) is 0 Å². The highest BCUT2D eigenvalue weighted by Crippen LogP contribution is 2.29. The number of ether oxygens (including phenoxy) is 1. The number of halogens is 1. The van der Waals surface area contributed by atoms with Crippen LogP contribution in [0.15, 0.2) is 60.7 Å². The van der Waals surface area contributed by atoms with Gasteiger partial charge in [-0.2, -0.15) is 0 Å². The number of H-pyrrole nitrogens is 1. The topological polar surface area (TPSA) is 70.4 Å². The van der Waals surface area contributed by atoms with Crippen LogP contribution >= 0.6 is 11.6 Å². The Hall–Kier alpha value is -3.22. The molecule has 3 aromatic carbocycles. The van der Waals surface area contributed by atoms with Crippen molar-refractivity contribution in [1.29, 1.82) is 0 Å². The quantitative estimate of drug-likeness (QED) is 0.358. The molecule has 1 aliphatic heterocycles. The Morgan fingerprint density at radius 1 is 1.03 bits per heavy atom. The van der Waals surface area contributed by atoms with E-state index < -0.39 is 0 Å². The molecule has 1 aromatic heterocycles. The van der Waals surface area contributed by atoms with Crippen LogP contribution < -0.4 is 15.4 Å². The minimum atomic E-state index is 0.528. The number of anilines is 2. The number of benzene rings is 3. The Morgan fingerprint density at radius 2 is 1.82 bits per heavy atom. The highest BCUT2D eigenvalue weighted by Gasteiger charge is 2.20. The van der Waals surface area contributed by atoms with Gasteiger partial charge in [0.2, 0.25) is 0 Å². The zero-order chi connectivity index (χ0) is 23.5. The number of nitrogens with one attached hydrogen (secondary N) is 1. The van der Waals surface area contributed by atoms with Crippen molar-refractivity contribution in [3.05, 3.63) is 71.2 Å². The van der Waals surface area contributed by atoms with Gasteiger partial charge in [0.05, 0.1) is 21.9 Å². The van der Waals surface area contributed by atoms with Crippen LogP contribution in [-0.2, 0) is 6.42 Å². The second kappa shape index (κ2) is 9.95. The third-order valence-electron chi connectivity index (χ3n) is 6.49. The lowest BCUT2D eigenvalue weighted by Crippen LogP contribution is -2.47. The number of nitrogens with zero attached hydrogens (tertiary/aromatic N) is 3. The highest BCUT2D eigenvalue weighted by atomic mass is 35.5. The largest absolute Gasteiger partial charge is 0.492 e. The van der Waals surface area contributed by atoms with Crippen molar-refractivity contribution >= 4 is 34.0 Å². The van der Waals surface area contributed by atoms with E-state index >= 15 is 0 Å². The first-order chi connectivity index (χ1) is 16.6. The minimum absolute atomic E-state index is 0.528. The van der Waals surface area contributed by atoms with Gasteiger partial charge in [0.25, 0.3) is 0 Å². The van der Waals surface area contributed by atoms with E-state index in [0.717, 1.165) is 67.3 Å². The molecule has 3 N–H and O–H groups in total. The first-order valence-corrected chi connectivity index (χ1v) is 12.2. The third-order valence-corrected chi connectivity index (χ3v) is 6.82. The van der Waals surface area contributed by atoms with Crippen LogP contribution in [0.4, 0.5) is 11.4 Å². The van der Waals surface area contributed by atoms with Gasteiger partial charge in [-0.1, -0.05) is 48.9 Å². The monoisotopic (exact) mass is 475 g/mol. The van der Waals surface area contributed by atoms with Crippen LogP contribution in [0.5, 0.6) is 5.75 Å². The van der Waals surface area contributed by atoms with Gasteiger partial charge >= 0.3 is 0 Å². The van der Waals surface area contributed by atoms with Crippen molar-refractivity contribution in [1.82, 2.24) is 14.9 Å². The molecular formula is C27H30ClN5O. The van der Waals surface area contributed by atoms with Gasteiger partial charge in [0, 0.05) is 44.4 Å². The first-order valence-electron chi connectivity index (χ1n) is 11.8. The fourth-order valence-electron chi connectivity index (χ4n) is 4.41.